The molecule has 0 saturated carbocycles. The molecule has 6 nitrogen and oxygen atoms in total. The highest BCUT2D eigenvalue weighted by Gasteiger charge is 2.19. The number of aromatic nitrogens is 4. The molecule has 1 atom stereocenters. The van der Waals surface area contributed by atoms with Gasteiger partial charge in [0.25, 0.3) is 0 Å². The minimum atomic E-state index is 0.505. The number of aryl methyl sites for hydroxylation is 1. The first-order valence-corrected chi connectivity index (χ1v) is 4.48. The van der Waals surface area contributed by atoms with Crippen LogP contribution in [-0.4, -0.2) is 45.9 Å². The summed E-state index contributed by atoms with van der Waals surface area (Å²) in [6.07, 6.45) is 0. The lowest BCUT2D eigenvalue weighted by Gasteiger charge is -2.31. The molecule has 6 heteroatoms. The topological polar surface area (TPSA) is 58.9 Å². The lowest BCUT2D eigenvalue weighted by atomic mass is 10.2. The van der Waals surface area contributed by atoms with Crippen LogP contribution in [0.15, 0.2) is 0 Å². The van der Waals surface area contributed by atoms with Crippen LogP contribution in [0.1, 0.15) is 6.92 Å². The molecule has 0 aromatic carbocycles. The van der Waals surface area contributed by atoms with Gasteiger partial charge in [0.15, 0.2) is 0 Å². The summed E-state index contributed by atoms with van der Waals surface area (Å²) in [5.74, 6) is 0.855. The first-order valence-electron chi connectivity index (χ1n) is 4.48. The van der Waals surface area contributed by atoms with E-state index in [4.69, 9.17) is 0 Å². The summed E-state index contributed by atoms with van der Waals surface area (Å²) in [5, 5.41) is 14.8. The van der Waals surface area contributed by atoms with Crippen LogP contribution < -0.4 is 10.2 Å². The van der Waals surface area contributed by atoms with Crippen LogP contribution in [0.25, 0.3) is 0 Å². The first-order chi connectivity index (χ1) is 6.27. The molecule has 0 radical (unpaired) electrons. The van der Waals surface area contributed by atoms with Crippen molar-refractivity contribution in [2.24, 2.45) is 7.05 Å². The van der Waals surface area contributed by atoms with E-state index in [0.29, 0.717) is 6.04 Å². The zero-order chi connectivity index (χ0) is 9.26. The molecule has 1 fully saturated rings. The second-order valence-electron chi connectivity index (χ2n) is 3.40. The van der Waals surface area contributed by atoms with Gasteiger partial charge in [0, 0.05) is 32.7 Å². The van der Waals surface area contributed by atoms with Gasteiger partial charge in [-0.3, -0.25) is 0 Å². The first kappa shape index (κ1) is 8.43. The SMILES string of the molecule is C[C@H]1CN(c2nnnn2C)CCN1. The number of tetrazole rings is 1. The lowest BCUT2D eigenvalue weighted by molar-refractivity contribution is 0.474. The summed E-state index contributed by atoms with van der Waals surface area (Å²) in [6.45, 7) is 5.09. The Balaban J connectivity index is 2.12. The smallest absolute Gasteiger partial charge is 0.245 e. The highest BCUT2D eigenvalue weighted by atomic mass is 15.6. The summed E-state index contributed by atoms with van der Waals surface area (Å²) >= 11 is 0. The zero-order valence-electron chi connectivity index (χ0n) is 7.93. The Morgan fingerprint density at radius 3 is 3.00 bits per heavy atom. The Labute approximate surface area is 76.9 Å². The fourth-order valence-corrected chi connectivity index (χ4v) is 1.61. The molecule has 1 aliphatic heterocycles. The third kappa shape index (κ3) is 1.62. The average molecular weight is 182 g/mol. The van der Waals surface area contributed by atoms with Gasteiger partial charge in [-0.05, 0) is 17.4 Å². The third-order valence-corrected chi connectivity index (χ3v) is 2.25. The fraction of sp³-hybridized carbons (Fsp3) is 0.857. The number of hydrogen-bond donors (Lipinski definition) is 1. The Hall–Kier alpha value is -1.17. The second-order valence-corrected chi connectivity index (χ2v) is 3.40. The molecule has 1 aromatic rings. The van der Waals surface area contributed by atoms with Crippen molar-refractivity contribution in [1.29, 1.82) is 0 Å². The highest BCUT2D eigenvalue weighted by molar-refractivity contribution is 5.28. The molecule has 2 heterocycles. The van der Waals surface area contributed by atoms with Crippen molar-refractivity contribution in [3.63, 3.8) is 0 Å². The van der Waals surface area contributed by atoms with Gasteiger partial charge < -0.3 is 10.2 Å². The van der Waals surface area contributed by atoms with E-state index in [1.165, 1.54) is 0 Å². The highest BCUT2D eigenvalue weighted by Crippen LogP contribution is 2.09. The summed E-state index contributed by atoms with van der Waals surface area (Å²) in [4.78, 5) is 2.20. The van der Waals surface area contributed by atoms with E-state index in [9.17, 15) is 0 Å². The third-order valence-electron chi connectivity index (χ3n) is 2.25. The Morgan fingerprint density at radius 1 is 1.54 bits per heavy atom. The number of nitrogens with zero attached hydrogens (tertiary/aromatic N) is 5. The van der Waals surface area contributed by atoms with Gasteiger partial charge in [-0.15, -0.1) is 0 Å². The Kier molecular flexibility index (Phi) is 2.13. The molecule has 0 unspecified atom stereocenters. The molecule has 0 amide bonds. The van der Waals surface area contributed by atoms with Crippen LogP contribution >= 0.6 is 0 Å². The van der Waals surface area contributed by atoms with E-state index in [-0.39, 0.29) is 0 Å². The summed E-state index contributed by atoms with van der Waals surface area (Å²) in [5.41, 5.74) is 0. The van der Waals surface area contributed by atoms with Crippen LogP contribution in [0.4, 0.5) is 5.95 Å². The number of nitrogens with one attached hydrogen (secondary N) is 1. The molecule has 2 rings (SSSR count). The molecule has 1 aromatic heterocycles. The van der Waals surface area contributed by atoms with Gasteiger partial charge in [0.2, 0.25) is 5.95 Å². The molecule has 1 N–H and O–H groups in total. The molecule has 0 spiro atoms. The molecule has 1 saturated heterocycles. The molecular weight excluding hydrogens is 168 g/mol. The quantitative estimate of drug-likeness (QED) is 0.604. The molecule has 0 aliphatic carbocycles. The standard InChI is InChI=1S/C7H14N6/c1-6-5-13(4-3-8-6)7-9-10-11-12(7)2/h6,8H,3-5H2,1-2H3/t6-/m0/s1. The predicted octanol–water partition coefficient (Wildman–Crippen LogP) is -0.992. The van der Waals surface area contributed by atoms with Crippen LogP contribution in [0.5, 0.6) is 0 Å². The van der Waals surface area contributed by atoms with Crippen molar-refractivity contribution in [3.8, 4) is 0 Å². The fourth-order valence-electron chi connectivity index (χ4n) is 1.61. The van der Waals surface area contributed by atoms with Crippen LogP contribution in [-0.2, 0) is 7.05 Å². The van der Waals surface area contributed by atoms with Crippen molar-refractivity contribution < 1.29 is 0 Å². The van der Waals surface area contributed by atoms with E-state index >= 15 is 0 Å². The number of piperazine rings is 1. The molecule has 72 valence electrons. The normalized spacial score (nSPS) is 23.5. The average Bonchev–Trinajstić information content (AvgIpc) is 2.51. The number of hydrogen-bond acceptors (Lipinski definition) is 5. The van der Waals surface area contributed by atoms with Crippen LogP contribution in [0.3, 0.4) is 0 Å². The van der Waals surface area contributed by atoms with Crippen molar-refractivity contribution in [3.05, 3.63) is 0 Å². The van der Waals surface area contributed by atoms with Gasteiger partial charge in [0.1, 0.15) is 0 Å². The summed E-state index contributed by atoms with van der Waals surface area (Å²) < 4.78 is 1.71. The summed E-state index contributed by atoms with van der Waals surface area (Å²) in [6, 6.07) is 0.505. The van der Waals surface area contributed by atoms with Crippen molar-refractivity contribution in [2.45, 2.75) is 13.0 Å². The van der Waals surface area contributed by atoms with Crippen molar-refractivity contribution in [1.82, 2.24) is 25.5 Å². The zero-order valence-corrected chi connectivity index (χ0v) is 7.93. The van der Waals surface area contributed by atoms with E-state index in [1.54, 1.807) is 4.68 Å². The lowest BCUT2D eigenvalue weighted by Crippen LogP contribution is -2.50. The van der Waals surface area contributed by atoms with E-state index in [2.05, 4.69) is 32.7 Å². The van der Waals surface area contributed by atoms with Gasteiger partial charge in [-0.2, -0.15) is 0 Å². The van der Waals surface area contributed by atoms with E-state index < -0.39 is 0 Å². The van der Waals surface area contributed by atoms with Crippen LogP contribution in [0.2, 0.25) is 0 Å². The van der Waals surface area contributed by atoms with Gasteiger partial charge in [-0.1, -0.05) is 5.10 Å². The maximum Gasteiger partial charge on any atom is 0.245 e. The van der Waals surface area contributed by atoms with Crippen molar-refractivity contribution >= 4 is 5.95 Å². The predicted molar refractivity (Wildman–Crippen MR) is 48.5 cm³/mol. The molecule has 1 aliphatic rings. The monoisotopic (exact) mass is 182 g/mol. The maximum atomic E-state index is 3.97. The van der Waals surface area contributed by atoms with E-state index in [0.717, 1.165) is 25.6 Å². The number of rotatable bonds is 1. The Bertz CT molecular complexity index is 282. The largest absolute Gasteiger partial charge is 0.337 e. The van der Waals surface area contributed by atoms with Crippen LogP contribution in [0, 0.1) is 0 Å². The van der Waals surface area contributed by atoms with Gasteiger partial charge in [-0.25, -0.2) is 4.68 Å². The molecular formula is C7H14N6. The number of anilines is 1. The second kappa shape index (κ2) is 3.29. The summed E-state index contributed by atoms with van der Waals surface area (Å²) in [7, 11) is 1.86. The van der Waals surface area contributed by atoms with Gasteiger partial charge in [0.05, 0.1) is 0 Å². The minimum absolute atomic E-state index is 0.505. The maximum absolute atomic E-state index is 3.97. The van der Waals surface area contributed by atoms with Gasteiger partial charge >= 0.3 is 0 Å². The Morgan fingerprint density at radius 2 is 2.38 bits per heavy atom. The van der Waals surface area contributed by atoms with Crippen molar-refractivity contribution in [2.75, 3.05) is 24.5 Å². The molecule has 0 bridgehead atoms. The minimum Gasteiger partial charge on any atom is -0.337 e. The van der Waals surface area contributed by atoms with E-state index in [1.807, 2.05) is 7.05 Å². The molecule has 13 heavy (non-hydrogen) atoms.